The summed E-state index contributed by atoms with van der Waals surface area (Å²) >= 11 is 0. The van der Waals surface area contributed by atoms with E-state index in [1.54, 1.807) is 39.5 Å². The van der Waals surface area contributed by atoms with E-state index in [-0.39, 0.29) is 42.9 Å². The molecule has 14 atom stereocenters. The van der Waals surface area contributed by atoms with Crippen molar-refractivity contribution in [3.05, 3.63) is 23.8 Å². The third kappa shape index (κ3) is 4.24. The quantitative estimate of drug-likeness (QED) is 0.325. The highest BCUT2D eigenvalue weighted by Crippen LogP contribution is 2.80. The van der Waals surface area contributed by atoms with E-state index in [1.165, 1.54) is 28.3 Å². The minimum Gasteiger partial charge on any atom is -0.493 e. The first-order valence-corrected chi connectivity index (χ1v) is 17.3. The highest BCUT2D eigenvalue weighted by molar-refractivity contribution is 5.90. The summed E-state index contributed by atoms with van der Waals surface area (Å²) in [5.41, 5.74) is -4.09. The number of aliphatic hydroxyl groups excluding tert-OH is 1. The lowest BCUT2D eigenvalue weighted by atomic mass is 9.42. The standard InChI is InChI=1S/C36H51NO12/c1-9-37-16-33(17-42-3)23(39)13-24(45-6)36-20-14-34(41)25(46-7)15-35(49-18(2)38,27(30(36)37)28(47-8)29(33)36)26(20)31(34)48-32(40)19-10-11-21(43-4)22(12-19)44-5/h10-12,20,23-31,39,41H,9,13-17H2,1-8H3/t20-,23-,24-,25+,26-,27+,28-,29-,30-,31-,33+,34+,35-,36+/m1/s1. The van der Waals surface area contributed by atoms with Crippen molar-refractivity contribution in [1.29, 1.82) is 0 Å². The van der Waals surface area contributed by atoms with Crippen LogP contribution in [0.4, 0.5) is 0 Å². The Labute approximate surface area is 287 Å². The predicted molar refractivity (Wildman–Crippen MR) is 172 cm³/mol. The number of carbonyl (C=O) groups is 2. The van der Waals surface area contributed by atoms with Gasteiger partial charge in [-0.2, -0.15) is 0 Å². The fourth-order valence-corrected chi connectivity index (χ4v) is 12.6. The number of esters is 2. The van der Waals surface area contributed by atoms with Crippen LogP contribution in [0.15, 0.2) is 18.2 Å². The lowest BCUT2D eigenvalue weighted by Gasteiger charge is -2.70. The number of carbonyl (C=O) groups excluding carboxylic acids is 2. The zero-order valence-corrected chi connectivity index (χ0v) is 29.7. The zero-order valence-electron chi connectivity index (χ0n) is 29.7. The third-order valence-electron chi connectivity index (χ3n) is 13.7. The summed E-state index contributed by atoms with van der Waals surface area (Å²) in [4.78, 5) is 29.8. The fourth-order valence-electron chi connectivity index (χ4n) is 12.6. The third-order valence-corrected chi connectivity index (χ3v) is 13.7. The van der Waals surface area contributed by atoms with Crippen LogP contribution in [0.3, 0.4) is 0 Å². The lowest BCUT2D eigenvalue weighted by Crippen LogP contribution is -2.79. The molecule has 0 amide bonds. The summed E-state index contributed by atoms with van der Waals surface area (Å²) < 4.78 is 48.9. The number of piperidine rings is 1. The summed E-state index contributed by atoms with van der Waals surface area (Å²) in [6.45, 7) is 4.99. The van der Waals surface area contributed by atoms with Gasteiger partial charge in [0, 0.05) is 89.4 Å². The van der Waals surface area contributed by atoms with Gasteiger partial charge >= 0.3 is 11.9 Å². The number of ether oxygens (including phenoxy) is 8. The molecule has 272 valence electrons. The van der Waals surface area contributed by atoms with E-state index in [9.17, 15) is 19.8 Å². The summed E-state index contributed by atoms with van der Waals surface area (Å²) in [7, 11) is 9.53. The second kappa shape index (κ2) is 12.0. The maximum atomic E-state index is 14.1. The van der Waals surface area contributed by atoms with E-state index in [4.69, 9.17) is 37.9 Å². The largest absolute Gasteiger partial charge is 0.493 e. The van der Waals surface area contributed by atoms with Crippen LogP contribution in [0.25, 0.3) is 0 Å². The smallest absolute Gasteiger partial charge is 0.338 e. The molecular weight excluding hydrogens is 638 g/mol. The maximum Gasteiger partial charge on any atom is 0.338 e. The molecule has 1 aromatic carbocycles. The molecule has 1 heterocycles. The second-order valence-corrected chi connectivity index (χ2v) is 15.1. The molecule has 6 aliphatic rings. The van der Waals surface area contributed by atoms with Gasteiger partial charge in [-0.3, -0.25) is 9.69 Å². The average molecular weight is 690 g/mol. The van der Waals surface area contributed by atoms with Crippen molar-refractivity contribution in [1.82, 2.24) is 4.90 Å². The van der Waals surface area contributed by atoms with Gasteiger partial charge in [-0.05, 0) is 37.1 Å². The highest BCUT2D eigenvalue weighted by Gasteiger charge is 2.90. The van der Waals surface area contributed by atoms with Crippen LogP contribution in [0.5, 0.6) is 11.5 Å². The molecule has 0 unspecified atom stereocenters. The van der Waals surface area contributed by atoms with Gasteiger partial charge < -0.3 is 48.1 Å². The fraction of sp³-hybridized carbons (Fsp3) is 0.778. The normalized spacial score (nSPS) is 45.9. The molecule has 7 rings (SSSR count). The molecule has 1 aromatic rings. The van der Waals surface area contributed by atoms with Crippen molar-refractivity contribution in [2.24, 2.45) is 34.5 Å². The van der Waals surface area contributed by atoms with Gasteiger partial charge in [0.15, 0.2) is 11.5 Å². The summed E-state index contributed by atoms with van der Waals surface area (Å²) in [6.07, 6.45) is -2.89. The number of nitrogens with zero attached hydrogens (tertiary/aromatic N) is 1. The van der Waals surface area contributed by atoms with Crippen LogP contribution in [0.2, 0.25) is 0 Å². The molecule has 2 N–H and O–H groups in total. The molecular formula is C36H51NO12. The van der Waals surface area contributed by atoms with Crippen molar-refractivity contribution in [3.8, 4) is 11.5 Å². The first kappa shape index (κ1) is 34.9. The van der Waals surface area contributed by atoms with E-state index >= 15 is 0 Å². The van der Waals surface area contributed by atoms with Gasteiger partial charge in [-0.1, -0.05) is 6.92 Å². The first-order chi connectivity index (χ1) is 23.4. The number of hydrogen-bond donors (Lipinski definition) is 2. The number of benzene rings is 1. The van der Waals surface area contributed by atoms with E-state index in [0.29, 0.717) is 31.0 Å². The molecule has 49 heavy (non-hydrogen) atoms. The van der Waals surface area contributed by atoms with Crippen LogP contribution in [-0.4, -0.2) is 137 Å². The Kier molecular flexibility index (Phi) is 8.57. The van der Waals surface area contributed by atoms with E-state index in [0.717, 1.165) is 0 Å². The molecule has 1 saturated heterocycles. The van der Waals surface area contributed by atoms with Gasteiger partial charge in [0.1, 0.15) is 17.3 Å². The minimum atomic E-state index is -1.62. The highest BCUT2D eigenvalue weighted by atomic mass is 16.6. The van der Waals surface area contributed by atoms with E-state index in [1.807, 2.05) is 0 Å². The molecule has 5 aliphatic carbocycles. The van der Waals surface area contributed by atoms with E-state index < -0.39 is 76.3 Å². The van der Waals surface area contributed by atoms with Crippen molar-refractivity contribution >= 4 is 11.9 Å². The molecule has 6 fully saturated rings. The SMILES string of the molecule is CCN1C[C@]2(COC)[C@H](O)C[C@@H](OC)[C@@]34[C@@H]5C[C@]6(O)[C@@H](OC)C[C@@](OC(C)=O)([C@H]5[C@H]6OC(=O)c5ccc(OC)c(OC)c5)[C@@H]([C@@H](OC)[C@H]23)[C@@H]14. The Hall–Kier alpha value is -2.52. The zero-order chi connectivity index (χ0) is 35.3. The summed E-state index contributed by atoms with van der Waals surface area (Å²) in [6, 6.07) is 4.56. The van der Waals surface area contributed by atoms with Gasteiger partial charge in [0.05, 0.1) is 50.8 Å². The Balaban J connectivity index is 1.46. The summed E-state index contributed by atoms with van der Waals surface area (Å²) in [5.74, 6) is -2.07. The van der Waals surface area contributed by atoms with Crippen LogP contribution in [0, 0.1) is 34.5 Å². The monoisotopic (exact) mass is 689 g/mol. The minimum absolute atomic E-state index is 0.185. The van der Waals surface area contributed by atoms with Gasteiger partial charge in [0.2, 0.25) is 0 Å². The molecule has 13 heteroatoms. The predicted octanol–water partition coefficient (Wildman–Crippen LogP) is 1.69. The van der Waals surface area contributed by atoms with Crippen molar-refractivity contribution in [2.75, 3.05) is 62.4 Å². The number of likely N-dealkylation sites (tertiary alicyclic amines) is 1. The van der Waals surface area contributed by atoms with Gasteiger partial charge in [-0.25, -0.2) is 4.79 Å². The number of rotatable bonds is 11. The average Bonchev–Trinajstić information content (AvgIpc) is 3.46. The number of fused-ring (bicyclic) bond motifs is 2. The van der Waals surface area contributed by atoms with Crippen LogP contribution in [-0.2, 0) is 33.2 Å². The Morgan fingerprint density at radius 2 is 1.67 bits per heavy atom. The number of aliphatic hydroxyl groups is 2. The van der Waals surface area contributed by atoms with Crippen LogP contribution < -0.4 is 9.47 Å². The van der Waals surface area contributed by atoms with Crippen molar-refractivity contribution in [3.63, 3.8) is 0 Å². The van der Waals surface area contributed by atoms with Crippen molar-refractivity contribution < 1.29 is 57.7 Å². The summed E-state index contributed by atoms with van der Waals surface area (Å²) in [5, 5.41) is 24.9. The number of hydrogen-bond acceptors (Lipinski definition) is 13. The van der Waals surface area contributed by atoms with E-state index in [2.05, 4.69) is 11.8 Å². The second-order valence-electron chi connectivity index (χ2n) is 15.1. The topological polar surface area (TPSA) is 152 Å². The molecule has 5 saturated carbocycles. The molecule has 1 spiro atoms. The number of methoxy groups -OCH3 is 6. The van der Waals surface area contributed by atoms with Gasteiger partial charge in [0.25, 0.3) is 0 Å². The molecule has 13 nitrogen and oxygen atoms in total. The molecule has 0 radical (unpaired) electrons. The van der Waals surface area contributed by atoms with Crippen LogP contribution in [0.1, 0.15) is 43.5 Å². The first-order valence-electron chi connectivity index (χ1n) is 17.3. The van der Waals surface area contributed by atoms with Gasteiger partial charge in [-0.15, -0.1) is 0 Å². The Bertz CT molecular complexity index is 1480. The maximum absolute atomic E-state index is 14.1. The Morgan fingerprint density at radius 1 is 0.959 bits per heavy atom. The van der Waals surface area contributed by atoms with Crippen molar-refractivity contribution in [2.45, 2.75) is 80.9 Å². The molecule has 7 bridgehead atoms. The van der Waals surface area contributed by atoms with Crippen LogP contribution >= 0.6 is 0 Å². The molecule has 0 aromatic heterocycles. The Morgan fingerprint density at radius 3 is 2.27 bits per heavy atom. The lowest BCUT2D eigenvalue weighted by molar-refractivity contribution is -0.300. The molecule has 1 aliphatic heterocycles.